The van der Waals surface area contributed by atoms with Gasteiger partial charge >= 0.3 is 5.97 Å². The van der Waals surface area contributed by atoms with Crippen molar-refractivity contribution in [3.63, 3.8) is 0 Å². The summed E-state index contributed by atoms with van der Waals surface area (Å²) in [5, 5.41) is 19.5. The van der Waals surface area contributed by atoms with Crippen molar-refractivity contribution in [3.8, 4) is 0 Å². The molecule has 0 radical (unpaired) electrons. The van der Waals surface area contributed by atoms with Crippen molar-refractivity contribution in [1.82, 2.24) is 10.2 Å². The molecule has 1 saturated heterocycles. The van der Waals surface area contributed by atoms with Gasteiger partial charge in [-0.05, 0) is 41.9 Å². The highest BCUT2D eigenvalue weighted by atomic mass is 32.1. The van der Waals surface area contributed by atoms with Crippen LogP contribution in [0.15, 0.2) is 91.0 Å². The molecule has 0 spiro atoms. The van der Waals surface area contributed by atoms with E-state index in [1.807, 2.05) is 0 Å². The molecule has 1 aliphatic heterocycles. The maximum absolute atomic E-state index is 10.8. The zero-order valence-electron chi connectivity index (χ0n) is 20.3. The molecule has 1 fully saturated rings. The average Bonchev–Trinajstić information content (AvgIpc) is 3.40. The summed E-state index contributed by atoms with van der Waals surface area (Å²) in [6, 6.07) is 32.9. The number of aliphatic carboxylic acids is 1. The number of nitrogens with zero attached hydrogens (tertiary/aromatic N) is 3. The van der Waals surface area contributed by atoms with Crippen LogP contribution < -0.4 is 4.90 Å². The van der Waals surface area contributed by atoms with E-state index in [9.17, 15) is 4.79 Å². The average molecular weight is 498 g/mol. The molecule has 0 bridgehead atoms. The molecule has 0 aliphatic carbocycles. The molecule has 0 saturated carbocycles. The van der Waals surface area contributed by atoms with E-state index in [1.54, 1.807) is 11.3 Å². The van der Waals surface area contributed by atoms with Crippen LogP contribution in [0.2, 0.25) is 0 Å². The third kappa shape index (κ3) is 4.91. The molecule has 36 heavy (non-hydrogen) atoms. The van der Waals surface area contributed by atoms with Crippen LogP contribution in [0.4, 0.5) is 5.13 Å². The number of benzene rings is 3. The van der Waals surface area contributed by atoms with Crippen LogP contribution in [-0.2, 0) is 16.6 Å². The number of carboxylic acid groups (broad SMARTS) is 1. The summed E-state index contributed by atoms with van der Waals surface area (Å²) in [6.07, 6.45) is 3.50. The van der Waals surface area contributed by atoms with E-state index in [-0.39, 0.29) is 11.8 Å². The molecule has 1 N–H and O–H groups in total. The Hall–Kier alpha value is -3.51. The molecule has 3 aromatic carbocycles. The van der Waals surface area contributed by atoms with Crippen molar-refractivity contribution in [1.29, 1.82) is 0 Å². The second-order valence-electron chi connectivity index (χ2n) is 9.39. The highest BCUT2D eigenvalue weighted by molar-refractivity contribution is 7.15. The van der Waals surface area contributed by atoms with Crippen LogP contribution in [0.1, 0.15) is 47.4 Å². The zero-order valence-corrected chi connectivity index (χ0v) is 21.1. The minimum absolute atomic E-state index is 0.168. The van der Waals surface area contributed by atoms with E-state index in [0.717, 1.165) is 36.1 Å². The predicted molar refractivity (Wildman–Crippen MR) is 145 cm³/mol. The van der Waals surface area contributed by atoms with Crippen molar-refractivity contribution in [2.75, 3.05) is 18.0 Å². The van der Waals surface area contributed by atoms with Gasteiger partial charge in [-0.1, -0.05) is 102 Å². The SMILES string of the molecule is O=C(O)CCCc1nnc(N2CCC(C(c3ccccc3)(c3ccccc3)c3ccccc3)CC2)s1. The predicted octanol–water partition coefficient (Wildman–Crippen LogP) is 6.20. The number of rotatable bonds is 9. The van der Waals surface area contributed by atoms with Crippen LogP contribution in [0.25, 0.3) is 0 Å². The van der Waals surface area contributed by atoms with Crippen LogP contribution in [0.5, 0.6) is 0 Å². The van der Waals surface area contributed by atoms with E-state index in [1.165, 1.54) is 16.7 Å². The molecule has 2 heterocycles. The van der Waals surface area contributed by atoms with E-state index in [0.29, 0.717) is 18.8 Å². The van der Waals surface area contributed by atoms with Crippen molar-refractivity contribution in [2.24, 2.45) is 5.92 Å². The lowest BCUT2D eigenvalue weighted by atomic mass is 9.59. The van der Waals surface area contributed by atoms with Crippen LogP contribution >= 0.6 is 11.3 Å². The van der Waals surface area contributed by atoms with Crippen molar-refractivity contribution in [3.05, 3.63) is 113 Å². The molecule has 5 rings (SSSR count). The molecular formula is C30H31N3O2S. The molecule has 1 aromatic heterocycles. The maximum Gasteiger partial charge on any atom is 0.303 e. The zero-order chi connectivity index (χ0) is 24.8. The van der Waals surface area contributed by atoms with Crippen LogP contribution in [-0.4, -0.2) is 34.4 Å². The van der Waals surface area contributed by atoms with E-state index in [4.69, 9.17) is 5.11 Å². The number of anilines is 1. The van der Waals surface area contributed by atoms with Crippen molar-refractivity contribution < 1.29 is 9.90 Å². The number of carboxylic acids is 1. The number of piperidine rings is 1. The first kappa shape index (κ1) is 24.2. The number of aryl methyl sites for hydroxylation is 1. The lowest BCUT2D eigenvalue weighted by molar-refractivity contribution is -0.137. The van der Waals surface area contributed by atoms with Gasteiger partial charge < -0.3 is 10.0 Å². The van der Waals surface area contributed by atoms with Gasteiger partial charge in [-0.3, -0.25) is 4.79 Å². The Balaban J connectivity index is 1.44. The van der Waals surface area contributed by atoms with Gasteiger partial charge in [0, 0.05) is 31.3 Å². The van der Waals surface area contributed by atoms with E-state index < -0.39 is 5.97 Å². The molecule has 0 atom stereocenters. The minimum atomic E-state index is -0.763. The Morgan fingerprint density at radius 3 is 1.81 bits per heavy atom. The normalized spacial score (nSPS) is 14.6. The van der Waals surface area contributed by atoms with Crippen molar-refractivity contribution >= 4 is 22.4 Å². The second-order valence-corrected chi connectivity index (χ2v) is 10.4. The Morgan fingerprint density at radius 1 is 0.833 bits per heavy atom. The van der Waals surface area contributed by atoms with Gasteiger partial charge in [0.2, 0.25) is 5.13 Å². The number of carbonyl (C=O) groups is 1. The van der Waals surface area contributed by atoms with E-state index >= 15 is 0 Å². The first-order chi connectivity index (χ1) is 17.7. The topological polar surface area (TPSA) is 66.3 Å². The van der Waals surface area contributed by atoms with Gasteiger partial charge in [0.25, 0.3) is 0 Å². The molecule has 184 valence electrons. The highest BCUT2D eigenvalue weighted by Crippen LogP contribution is 2.49. The smallest absolute Gasteiger partial charge is 0.303 e. The largest absolute Gasteiger partial charge is 0.481 e. The Kier molecular flexibility index (Phi) is 7.42. The fourth-order valence-electron chi connectivity index (χ4n) is 5.68. The van der Waals surface area contributed by atoms with Gasteiger partial charge in [-0.2, -0.15) is 0 Å². The Morgan fingerprint density at radius 2 is 1.33 bits per heavy atom. The van der Waals surface area contributed by atoms with Gasteiger partial charge in [0.15, 0.2) is 0 Å². The molecule has 5 nitrogen and oxygen atoms in total. The summed E-state index contributed by atoms with van der Waals surface area (Å²) >= 11 is 1.60. The summed E-state index contributed by atoms with van der Waals surface area (Å²) in [5.74, 6) is -0.343. The first-order valence-corrected chi connectivity index (χ1v) is 13.5. The summed E-state index contributed by atoms with van der Waals surface area (Å²) in [7, 11) is 0. The lowest BCUT2D eigenvalue weighted by Gasteiger charge is -2.46. The van der Waals surface area contributed by atoms with E-state index in [2.05, 4.69) is 106 Å². The molecule has 1 aliphatic rings. The summed E-state index contributed by atoms with van der Waals surface area (Å²) in [4.78, 5) is 13.2. The van der Waals surface area contributed by atoms with Gasteiger partial charge in [0.05, 0.1) is 0 Å². The third-order valence-electron chi connectivity index (χ3n) is 7.30. The standard InChI is InChI=1S/C30H31N3O2S/c34-28(35)18-10-17-27-31-32-29(36-27)33-21-19-26(20-22-33)30(23-11-4-1-5-12-23,24-13-6-2-7-14-24)25-15-8-3-9-16-25/h1-9,11-16,26H,10,17-22H2,(H,34,35). The summed E-state index contributed by atoms with van der Waals surface area (Å²) < 4.78 is 0. The number of hydrogen-bond acceptors (Lipinski definition) is 5. The van der Waals surface area contributed by atoms with Gasteiger partial charge in [0.1, 0.15) is 5.01 Å². The maximum atomic E-state index is 10.8. The van der Waals surface area contributed by atoms with Crippen LogP contribution in [0, 0.1) is 5.92 Å². The minimum Gasteiger partial charge on any atom is -0.481 e. The lowest BCUT2D eigenvalue weighted by Crippen LogP contribution is -2.45. The molecular weight excluding hydrogens is 466 g/mol. The third-order valence-corrected chi connectivity index (χ3v) is 8.35. The Labute approximate surface area is 216 Å². The molecule has 0 unspecified atom stereocenters. The van der Waals surface area contributed by atoms with Gasteiger partial charge in [-0.15, -0.1) is 10.2 Å². The fourth-order valence-corrected chi connectivity index (χ4v) is 6.61. The van der Waals surface area contributed by atoms with Crippen LogP contribution in [0.3, 0.4) is 0 Å². The highest BCUT2D eigenvalue weighted by Gasteiger charge is 2.44. The van der Waals surface area contributed by atoms with Gasteiger partial charge in [-0.25, -0.2) is 0 Å². The Bertz CT molecular complexity index is 1160. The summed E-state index contributed by atoms with van der Waals surface area (Å²) in [6.45, 7) is 1.84. The number of aromatic nitrogens is 2. The summed E-state index contributed by atoms with van der Waals surface area (Å²) in [5.41, 5.74) is 3.76. The molecule has 0 amide bonds. The second kappa shape index (κ2) is 11.0. The number of hydrogen-bond donors (Lipinski definition) is 1. The molecule has 6 heteroatoms. The monoisotopic (exact) mass is 497 g/mol. The molecule has 4 aromatic rings. The first-order valence-electron chi connectivity index (χ1n) is 12.6. The quantitative estimate of drug-likeness (QED) is 0.279. The van der Waals surface area contributed by atoms with Crippen molar-refractivity contribution in [2.45, 2.75) is 37.5 Å². The fraction of sp³-hybridized carbons (Fsp3) is 0.300.